The van der Waals surface area contributed by atoms with Crippen LogP contribution in [-0.4, -0.2) is 12.1 Å². The van der Waals surface area contributed by atoms with E-state index in [0.29, 0.717) is 5.54 Å². The highest BCUT2D eigenvalue weighted by Crippen LogP contribution is 2.29. The Morgan fingerprint density at radius 1 is 1.33 bits per heavy atom. The number of rotatable bonds is 2. The molecule has 0 aliphatic heterocycles. The molecular weight excluding hydrogens is 146 g/mol. The van der Waals surface area contributed by atoms with Crippen LogP contribution in [0.5, 0.6) is 0 Å². The Bertz CT molecular complexity index is 133. The highest BCUT2D eigenvalue weighted by molar-refractivity contribution is 4.85. The molecule has 12 heavy (non-hydrogen) atoms. The Labute approximate surface area is 76.9 Å². The van der Waals surface area contributed by atoms with E-state index in [9.17, 15) is 0 Å². The summed E-state index contributed by atoms with van der Waals surface area (Å²) in [4.78, 5) is 0. The number of hydrogen-bond donors (Lipinski definition) is 1. The van der Waals surface area contributed by atoms with Crippen molar-refractivity contribution in [1.82, 2.24) is 5.32 Å². The van der Waals surface area contributed by atoms with Gasteiger partial charge in [0.25, 0.3) is 0 Å². The predicted octanol–water partition coefficient (Wildman–Crippen LogP) is 2.95. The van der Waals surface area contributed by atoms with Crippen LogP contribution in [-0.2, 0) is 0 Å². The molecule has 1 heteroatoms. The molecule has 1 fully saturated rings. The molecule has 1 saturated carbocycles. The Balaban J connectivity index is 2.43. The lowest BCUT2D eigenvalue weighted by atomic mass is 9.92. The third-order valence-corrected chi connectivity index (χ3v) is 3.22. The molecule has 0 heterocycles. The van der Waals surface area contributed by atoms with Crippen LogP contribution in [0, 0.1) is 5.92 Å². The van der Waals surface area contributed by atoms with Gasteiger partial charge in [-0.2, -0.15) is 0 Å². The fraction of sp³-hybridized carbons (Fsp3) is 1.00. The molecule has 1 N–H and O–H groups in total. The summed E-state index contributed by atoms with van der Waals surface area (Å²) in [5, 5.41) is 3.62. The Kier molecular flexibility index (Phi) is 3.57. The van der Waals surface area contributed by atoms with Crippen molar-refractivity contribution < 1.29 is 0 Å². The highest BCUT2D eigenvalue weighted by atomic mass is 15.0. The number of hydrogen-bond acceptors (Lipinski definition) is 1. The van der Waals surface area contributed by atoms with Crippen LogP contribution < -0.4 is 5.32 Å². The van der Waals surface area contributed by atoms with Crippen molar-refractivity contribution in [3.05, 3.63) is 0 Å². The van der Waals surface area contributed by atoms with E-state index in [-0.39, 0.29) is 0 Å². The van der Waals surface area contributed by atoms with Gasteiger partial charge >= 0.3 is 0 Å². The molecule has 1 rings (SSSR count). The molecule has 0 bridgehead atoms. The SMILES string of the molecule is CCNC1(C)CCCC(C)CC1. The summed E-state index contributed by atoms with van der Waals surface area (Å²) in [5.74, 6) is 0.950. The zero-order valence-corrected chi connectivity index (χ0v) is 8.82. The second-order valence-electron chi connectivity index (χ2n) is 4.63. The smallest absolute Gasteiger partial charge is 0.0153 e. The van der Waals surface area contributed by atoms with Gasteiger partial charge in [0.15, 0.2) is 0 Å². The summed E-state index contributed by atoms with van der Waals surface area (Å²) in [6.45, 7) is 8.09. The summed E-state index contributed by atoms with van der Waals surface area (Å²) >= 11 is 0. The van der Waals surface area contributed by atoms with Crippen LogP contribution in [0.1, 0.15) is 52.9 Å². The molecule has 0 amide bonds. The highest BCUT2D eigenvalue weighted by Gasteiger charge is 2.25. The minimum atomic E-state index is 0.444. The summed E-state index contributed by atoms with van der Waals surface area (Å²) in [6, 6.07) is 0. The van der Waals surface area contributed by atoms with Crippen LogP contribution in [0.4, 0.5) is 0 Å². The molecule has 0 spiro atoms. The van der Waals surface area contributed by atoms with Crippen molar-refractivity contribution in [3.8, 4) is 0 Å². The lowest BCUT2D eigenvalue weighted by Crippen LogP contribution is -2.41. The fourth-order valence-corrected chi connectivity index (χ4v) is 2.28. The van der Waals surface area contributed by atoms with Crippen molar-refractivity contribution in [2.75, 3.05) is 6.54 Å². The molecule has 0 aromatic rings. The third kappa shape index (κ3) is 2.78. The molecule has 1 aliphatic carbocycles. The molecule has 72 valence electrons. The first-order valence-corrected chi connectivity index (χ1v) is 5.41. The van der Waals surface area contributed by atoms with Gasteiger partial charge < -0.3 is 5.32 Å². The van der Waals surface area contributed by atoms with Gasteiger partial charge in [0.1, 0.15) is 0 Å². The van der Waals surface area contributed by atoms with E-state index in [1.165, 1.54) is 32.1 Å². The van der Waals surface area contributed by atoms with Gasteiger partial charge in [0, 0.05) is 5.54 Å². The molecule has 0 aromatic carbocycles. The van der Waals surface area contributed by atoms with Crippen molar-refractivity contribution in [2.45, 2.75) is 58.4 Å². The van der Waals surface area contributed by atoms with E-state index < -0.39 is 0 Å². The van der Waals surface area contributed by atoms with Gasteiger partial charge in [-0.1, -0.05) is 26.7 Å². The topological polar surface area (TPSA) is 12.0 Å². The second-order valence-corrected chi connectivity index (χ2v) is 4.63. The van der Waals surface area contributed by atoms with Crippen LogP contribution in [0.25, 0.3) is 0 Å². The van der Waals surface area contributed by atoms with Crippen molar-refractivity contribution >= 4 is 0 Å². The zero-order chi connectivity index (χ0) is 9.03. The summed E-state index contributed by atoms with van der Waals surface area (Å²) < 4.78 is 0. The van der Waals surface area contributed by atoms with Crippen LogP contribution in [0.3, 0.4) is 0 Å². The van der Waals surface area contributed by atoms with Crippen LogP contribution in [0.2, 0.25) is 0 Å². The fourth-order valence-electron chi connectivity index (χ4n) is 2.28. The molecule has 0 radical (unpaired) electrons. The van der Waals surface area contributed by atoms with E-state index in [1.54, 1.807) is 0 Å². The van der Waals surface area contributed by atoms with Gasteiger partial charge in [0.2, 0.25) is 0 Å². The zero-order valence-electron chi connectivity index (χ0n) is 8.82. The van der Waals surface area contributed by atoms with Gasteiger partial charge in [-0.05, 0) is 38.6 Å². The Hall–Kier alpha value is -0.0400. The lowest BCUT2D eigenvalue weighted by Gasteiger charge is -2.29. The molecule has 1 nitrogen and oxygen atoms in total. The minimum absolute atomic E-state index is 0.444. The van der Waals surface area contributed by atoms with Gasteiger partial charge in [-0.3, -0.25) is 0 Å². The average molecular weight is 169 g/mol. The summed E-state index contributed by atoms with van der Waals surface area (Å²) in [7, 11) is 0. The molecule has 2 atom stereocenters. The first-order chi connectivity index (χ1) is 5.66. The standard InChI is InChI=1S/C11H23N/c1-4-12-11(3)8-5-6-10(2)7-9-11/h10,12H,4-9H2,1-3H3. The normalized spacial score (nSPS) is 37.8. The second kappa shape index (κ2) is 4.27. The summed E-state index contributed by atoms with van der Waals surface area (Å²) in [6.07, 6.45) is 6.97. The Morgan fingerprint density at radius 2 is 2.08 bits per heavy atom. The molecule has 0 saturated heterocycles. The van der Waals surface area contributed by atoms with E-state index in [2.05, 4.69) is 26.1 Å². The average Bonchev–Trinajstić information content (AvgIpc) is 2.15. The maximum atomic E-state index is 3.62. The Morgan fingerprint density at radius 3 is 2.75 bits per heavy atom. The first-order valence-electron chi connectivity index (χ1n) is 5.41. The van der Waals surface area contributed by atoms with E-state index in [0.717, 1.165) is 12.5 Å². The largest absolute Gasteiger partial charge is 0.312 e. The van der Waals surface area contributed by atoms with Crippen molar-refractivity contribution in [1.29, 1.82) is 0 Å². The third-order valence-electron chi connectivity index (χ3n) is 3.22. The quantitative estimate of drug-likeness (QED) is 0.627. The van der Waals surface area contributed by atoms with Crippen LogP contribution >= 0.6 is 0 Å². The molecule has 1 aliphatic rings. The lowest BCUT2D eigenvalue weighted by molar-refractivity contribution is 0.316. The molecular formula is C11H23N. The minimum Gasteiger partial charge on any atom is -0.312 e. The molecule has 2 unspecified atom stereocenters. The maximum absolute atomic E-state index is 3.62. The summed E-state index contributed by atoms with van der Waals surface area (Å²) in [5.41, 5.74) is 0.444. The maximum Gasteiger partial charge on any atom is 0.0153 e. The van der Waals surface area contributed by atoms with Gasteiger partial charge in [-0.25, -0.2) is 0 Å². The van der Waals surface area contributed by atoms with E-state index in [4.69, 9.17) is 0 Å². The number of nitrogens with one attached hydrogen (secondary N) is 1. The van der Waals surface area contributed by atoms with Crippen molar-refractivity contribution in [2.24, 2.45) is 5.92 Å². The van der Waals surface area contributed by atoms with Gasteiger partial charge in [0.05, 0.1) is 0 Å². The van der Waals surface area contributed by atoms with Crippen molar-refractivity contribution in [3.63, 3.8) is 0 Å². The van der Waals surface area contributed by atoms with Gasteiger partial charge in [-0.15, -0.1) is 0 Å². The molecule has 0 aromatic heterocycles. The predicted molar refractivity (Wildman–Crippen MR) is 54.3 cm³/mol. The first kappa shape index (κ1) is 10.0. The van der Waals surface area contributed by atoms with E-state index >= 15 is 0 Å². The van der Waals surface area contributed by atoms with Crippen LogP contribution in [0.15, 0.2) is 0 Å². The monoisotopic (exact) mass is 169 g/mol. The van der Waals surface area contributed by atoms with E-state index in [1.807, 2.05) is 0 Å².